The molecule has 0 amide bonds. The molecule has 0 unspecified atom stereocenters. The SMILES string of the molecule is Cc1cc2c(Nc3cc(Cl)ccc3C)ncnc2s1. The van der Waals surface area contributed by atoms with Crippen LogP contribution in [0, 0.1) is 13.8 Å². The molecule has 0 saturated heterocycles. The number of aryl methyl sites for hydroxylation is 2. The molecule has 1 aromatic carbocycles. The van der Waals surface area contributed by atoms with Crippen LogP contribution in [0.1, 0.15) is 10.4 Å². The molecule has 0 atom stereocenters. The Morgan fingerprint density at radius 1 is 1.16 bits per heavy atom. The predicted octanol–water partition coefficient (Wildman–Crippen LogP) is 4.71. The van der Waals surface area contributed by atoms with E-state index in [1.807, 2.05) is 25.1 Å². The third-order valence-electron chi connectivity index (χ3n) is 2.91. The third-order valence-corrected chi connectivity index (χ3v) is 4.10. The molecule has 5 heteroatoms. The Bertz CT molecular complexity index is 752. The molecule has 0 aliphatic carbocycles. The van der Waals surface area contributed by atoms with Crippen molar-refractivity contribution in [2.45, 2.75) is 13.8 Å². The maximum atomic E-state index is 6.03. The van der Waals surface area contributed by atoms with Gasteiger partial charge in [-0.1, -0.05) is 17.7 Å². The number of nitrogens with zero attached hydrogens (tertiary/aromatic N) is 2. The first-order chi connectivity index (χ1) is 9.13. The van der Waals surface area contributed by atoms with Crippen LogP contribution < -0.4 is 5.32 Å². The highest BCUT2D eigenvalue weighted by Crippen LogP contribution is 2.30. The number of nitrogens with one attached hydrogen (secondary N) is 1. The van der Waals surface area contributed by atoms with E-state index in [0.29, 0.717) is 5.02 Å². The summed E-state index contributed by atoms with van der Waals surface area (Å²) in [5, 5.41) is 5.09. The van der Waals surface area contributed by atoms with Crippen LogP contribution in [-0.2, 0) is 0 Å². The van der Waals surface area contributed by atoms with Crippen LogP contribution in [-0.4, -0.2) is 9.97 Å². The zero-order chi connectivity index (χ0) is 13.4. The highest BCUT2D eigenvalue weighted by atomic mass is 35.5. The smallest absolute Gasteiger partial charge is 0.142 e. The lowest BCUT2D eigenvalue weighted by Gasteiger charge is -2.09. The largest absolute Gasteiger partial charge is 0.339 e. The van der Waals surface area contributed by atoms with E-state index in [1.165, 1.54) is 4.88 Å². The molecule has 0 spiro atoms. The Morgan fingerprint density at radius 3 is 2.84 bits per heavy atom. The van der Waals surface area contributed by atoms with E-state index in [9.17, 15) is 0 Å². The van der Waals surface area contributed by atoms with Gasteiger partial charge in [0.1, 0.15) is 17.0 Å². The first-order valence-corrected chi connectivity index (χ1v) is 7.07. The fraction of sp³-hybridized carbons (Fsp3) is 0.143. The first-order valence-electron chi connectivity index (χ1n) is 5.88. The highest BCUT2D eigenvalue weighted by Gasteiger charge is 2.08. The summed E-state index contributed by atoms with van der Waals surface area (Å²) >= 11 is 7.70. The minimum Gasteiger partial charge on any atom is -0.339 e. The summed E-state index contributed by atoms with van der Waals surface area (Å²) in [7, 11) is 0. The van der Waals surface area contributed by atoms with E-state index in [1.54, 1.807) is 17.7 Å². The summed E-state index contributed by atoms with van der Waals surface area (Å²) in [6.07, 6.45) is 1.58. The van der Waals surface area contributed by atoms with Crippen LogP contribution in [0.5, 0.6) is 0 Å². The zero-order valence-electron chi connectivity index (χ0n) is 10.6. The summed E-state index contributed by atoms with van der Waals surface area (Å²) in [4.78, 5) is 10.8. The minimum atomic E-state index is 0.708. The van der Waals surface area contributed by atoms with Gasteiger partial charge in [-0.2, -0.15) is 0 Å². The van der Waals surface area contributed by atoms with Crippen LogP contribution >= 0.6 is 22.9 Å². The number of aromatic nitrogens is 2. The van der Waals surface area contributed by atoms with E-state index in [4.69, 9.17) is 11.6 Å². The Labute approximate surface area is 120 Å². The van der Waals surface area contributed by atoms with Gasteiger partial charge < -0.3 is 5.32 Å². The molecule has 0 fully saturated rings. The summed E-state index contributed by atoms with van der Waals surface area (Å²) in [5.41, 5.74) is 2.10. The van der Waals surface area contributed by atoms with Gasteiger partial charge >= 0.3 is 0 Å². The van der Waals surface area contributed by atoms with Crippen molar-refractivity contribution in [3.8, 4) is 0 Å². The van der Waals surface area contributed by atoms with Crippen molar-refractivity contribution in [2.24, 2.45) is 0 Å². The van der Waals surface area contributed by atoms with E-state index in [0.717, 1.165) is 27.3 Å². The molecule has 19 heavy (non-hydrogen) atoms. The Balaban J connectivity index is 2.08. The zero-order valence-corrected chi connectivity index (χ0v) is 12.1. The standard InChI is InChI=1S/C14H12ClN3S/c1-8-3-4-10(15)6-12(8)18-13-11-5-9(2)19-14(11)17-7-16-13/h3-7H,1-2H3,(H,16,17,18). The molecule has 0 saturated carbocycles. The summed E-state index contributed by atoms with van der Waals surface area (Å²) in [5.74, 6) is 0.819. The van der Waals surface area contributed by atoms with Gasteiger partial charge in [0.05, 0.1) is 5.39 Å². The molecule has 0 aliphatic rings. The van der Waals surface area contributed by atoms with Crippen LogP contribution in [0.15, 0.2) is 30.6 Å². The molecular formula is C14H12ClN3S. The van der Waals surface area contributed by atoms with Crippen molar-refractivity contribution in [1.82, 2.24) is 9.97 Å². The van der Waals surface area contributed by atoms with Crippen LogP contribution in [0.4, 0.5) is 11.5 Å². The van der Waals surface area contributed by atoms with Crippen molar-refractivity contribution >= 4 is 44.7 Å². The van der Waals surface area contributed by atoms with Gasteiger partial charge in [0.15, 0.2) is 0 Å². The van der Waals surface area contributed by atoms with E-state index >= 15 is 0 Å². The molecule has 0 bridgehead atoms. The van der Waals surface area contributed by atoms with Crippen LogP contribution in [0.25, 0.3) is 10.2 Å². The maximum absolute atomic E-state index is 6.03. The van der Waals surface area contributed by atoms with Crippen molar-refractivity contribution < 1.29 is 0 Å². The number of anilines is 2. The minimum absolute atomic E-state index is 0.708. The molecule has 3 nitrogen and oxygen atoms in total. The first kappa shape index (κ1) is 12.4. The average molecular weight is 290 g/mol. The highest BCUT2D eigenvalue weighted by molar-refractivity contribution is 7.18. The predicted molar refractivity (Wildman–Crippen MR) is 81.6 cm³/mol. The molecule has 0 radical (unpaired) electrons. The summed E-state index contributed by atoms with van der Waals surface area (Å²) in [6, 6.07) is 7.88. The molecule has 3 rings (SSSR count). The third kappa shape index (κ3) is 2.41. The molecule has 1 N–H and O–H groups in total. The number of benzene rings is 1. The second-order valence-electron chi connectivity index (χ2n) is 4.38. The fourth-order valence-electron chi connectivity index (χ4n) is 1.93. The summed E-state index contributed by atoms with van der Waals surface area (Å²) in [6.45, 7) is 4.11. The molecular weight excluding hydrogens is 278 g/mol. The molecule has 2 aromatic heterocycles. The van der Waals surface area contributed by atoms with Gasteiger partial charge in [-0.25, -0.2) is 9.97 Å². The number of rotatable bonds is 2. The van der Waals surface area contributed by atoms with E-state index in [-0.39, 0.29) is 0 Å². The molecule has 3 aromatic rings. The van der Waals surface area contributed by atoms with Crippen molar-refractivity contribution in [2.75, 3.05) is 5.32 Å². The summed E-state index contributed by atoms with van der Waals surface area (Å²) < 4.78 is 0. The second-order valence-corrected chi connectivity index (χ2v) is 6.05. The number of hydrogen-bond donors (Lipinski definition) is 1. The molecule has 0 aliphatic heterocycles. The van der Waals surface area contributed by atoms with Gasteiger partial charge in [-0.3, -0.25) is 0 Å². The number of fused-ring (bicyclic) bond motifs is 1. The second kappa shape index (κ2) is 4.79. The van der Waals surface area contributed by atoms with Crippen molar-refractivity contribution in [3.63, 3.8) is 0 Å². The van der Waals surface area contributed by atoms with Crippen molar-refractivity contribution in [1.29, 1.82) is 0 Å². The quantitative estimate of drug-likeness (QED) is 0.743. The fourth-order valence-corrected chi connectivity index (χ4v) is 2.95. The number of thiophene rings is 1. The van der Waals surface area contributed by atoms with Gasteiger partial charge in [0.2, 0.25) is 0 Å². The van der Waals surface area contributed by atoms with Crippen LogP contribution in [0.3, 0.4) is 0 Å². The lowest BCUT2D eigenvalue weighted by molar-refractivity contribution is 1.23. The van der Waals surface area contributed by atoms with Gasteiger partial charge in [0.25, 0.3) is 0 Å². The molecule has 96 valence electrons. The maximum Gasteiger partial charge on any atom is 0.142 e. The number of halogens is 1. The van der Waals surface area contributed by atoms with Gasteiger partial charge in [0, 0.05) is 15.6 Å². The van der Waals surface area contributed by atoms with Gasteiger partial charge in [-0.15, -0.1) is 11.3 Å². The van der Waals surface area contributed by atoms with E-state index < -0.39 is 0 Å². The molecule has 2 heterocycles. The van der Waals surface area contributed by atoms with Crippen molar-refractivity contribution in [3.05, 3.63) is 46.1 Å². The Hall–Kier alpha value is -1.65. The average Bonchev–Trinajstić information content (AvgIpc) is 2.75. The Morgan fingerprint density at radius 2 is 2.00 bits per heavy atom. The normalized spacial score (nSPS) is 10.9. The van der Waals surface area contributed by atoms with E-state index in [2.05, 4.69) is 28.3 Å². The Kier molecular flexibility index (Phi) is 3.12. The topological polar surface area (TPSA) is 37.8 Å². The van der Waals surface area contributed by atoms with Crippen LogP contribution in [0.2, 0.25) is 5.02 Å². The van der Waals surface area contributed by atoms with Gasteiger partial charge in [-0.05, 0) is 37.6 Å². The lowest BCUT2D eigenvalue weighted by Crippen LogP contribution is -1.96. The number of hydrogen-bond acceptors (Lipinski definition) is 4. The monoisotopic (exact) mass is 289 g/mol. The lowest BCUT2D eigenvalue weighted by atomic mass is 10.2.